The fraction of sp³-hybridized carbons (Fsp3) is 0.533. The van der Waals surface area contributed by atoms with Crippen LogP contribution in [-0.4, -0.2) is 48.2 Å². The molecule has 2 aromatic rings. The topological polar surface area (TPSA) is 49.4 Å². The molecule has 2 fully saturated rings. The van der Waals surface area contributed by atoms with Gasteiger partial charge in [-0.05, 0) is 97.2 Å². The summed E-state index contributed by atoms with van der Waals surface area (Å²) >= 11 is 13.4. The van der Waals surface area contributed by atoms with Gasteiger partial charge in [0.1, 0.15) is 12.6 Å². The van der Waals surface area contributed by atoms with E-state index in [1.165, 1.54) is 18.2 Å². The van der Waals surface area contributed by atoms with Crippen LogP contribution in [0.4, 0.5) is 26.3 Å². The van der Waals surface area contributed by atoms with Gasteiger partial charge < -0.3 is 10.2 Å². The van der Waals surface area contributed by atoms with Gasteiger partial charge in [0.15, 0.2) is 0 Å². The quantitative estimate of drug-likeness (QED) is 0.288. The highest BCUT2D eigenvalue weighted by Crippen LogP contribution is 2.63. The monoisotopic (exact) mass is 666 g/mol. The Labute approximate surface area is 259 Å². The Morgan fingerprint density at radius 3 is 2.16 bits per heavy atom. The van der Waals surface area contributed by atoms with Gasteiger partial charge in [0, 0.05) is 21.5 Å². The molecule has 43 heavy (non-hydrogen) atoms. The van der Waals surface area contributed by atoms with Crippen LogP contribution in [0.25, 0.3) is 5.57 Å². The van der Waals surface area contributed by atoms with E-state index in [1.54, 1.807) is 6.92 Å². The molecule has 1 aromatic carbocycles. The van der Waals surface area contributed by atoms with E-state index >= 15 is 13.2 Å². The lowest BCUT2D eigenvalue weighted by atomic mass is 9.69. The highest BCUT2D eigenvalue weighted by Gasteiger charge is 2.65. The number of thiophene rings is 1. The third-order valence-electron chi connectivity index (χ3n) is 8.84. The largest absolute Gasteiger partial charge is 0.406 e. The van der Waals surface area contributed by atoms with Gasteiger partial charge in [0.05, 0.1) is 10.3 Å². The average molecular weight is 668 g/mol. The van der Waals surface area contributed by atoms with Gasteiger partial charge in [0.25, 0.3) is 5.91 Å². The summed E-state index contributed by atoms with van der Waals surface area (Å²) in [5.74, 6) is -2.33. The van der Waals surface area contributed by atoms with Crippen LogP contribution in [-0.2, 0) is 23.1 Å². The minimum Gasteiger partial charge on any atom is -0.339 e. The lowest BCUT2D eigenvalue weighted by molar-refractivity contribution is -0.197. The maximum absolute atomic E-state index is 15.2. The molecule has 1 saturated heterocycles. The number of carbonyl (C=O) groups excluding carboxylic acids is 2. The Kier molecular flexibility index (Phi) is 8.68. The molecule has 0 bridgehead atoms. The van der Waals surface area contributed by atoms with Crippen molar-refractivity contribution >= 4 is 51.9 Å². The predicted molar refractivity (Wildman–Crippen MR) is 155 cm³/mol. The van der Waals surface area contributed by atoms with Crippen molar-refractivity contribution in [3.8, 4) is 0 Å². The fourth-order valence-electron chi connectivity index (χ4n) is 6.73. The van der Waals surface area contributed by atoms with Crippen LogP contribution in [0.15, 0.2) is 24.8 Å². The van der Waals surface area contributed by atoms with E-state index < -0.39 is 54.5 Å². The summed E-state index contributed by atoms with van der Waals surface area (Å²) in [7, 11) is 0. The molecular formula is C30H30Cl2F6N2O2S. The summed E-state index contributed by atoms with van der Waals surface area (Å²) in [4.78, 5) is 27.4. The van der Waals surface area contributed by atoms with E-state index in [1.807, 2.05) is 0 Å². The zero-order chi connectivity index (χ0) is 31.5. The van der Waals surface area contributed by atoms with Crippen LogP contribution in [0.2, 0.25) is 10.0 Å². The molecule has 3 aliphatic rings. The van der Waals surface area contributed by atoms with Gasteiger partial charge in [-0.3, -0.25) is 9.59 Å². The highest BCUT2D eigenvalue weighted by atomic mass is 35.5. The number of nitrogens with zero attached hydrogens (tertiary/aromatic N) is 1. The van der Waals surface area contributed by atoms with Crippen LogP contribution < -0.4 is 5.32 Å². The van der Waals surface area contributed by atoms with E-state index in [4.69, 9.17) is 23.2 Å². The summed E-state index contributed by atoms with van der Waals surface area (Å²) < 4.78 is 84.3. The van der Waals surface area contributed by atoms with Gasteiger partial charge in [0.2, 0.25) is 5.91 Å². The van der Waals surface area contributed by atoms with Crippen molar-refractivity contribution in [3.63, 3.8) is 0 Å². The summed E-state index contributed by atoms with van der Waals surface area (Å²) in [6, 6.07) is 2.90. The van der Waals surface area contributed by atoms with Gasteiger partial charge >= 0.3 is 12.4 Å². The molecule has 1 saturated carbocycles. The van der Waals surface area contributed by atoms with Crippen LogP contribution in [0.3, 0.4) is 0 Å². The SMILES string of the molecule is C=C(CC(c1cc(Cl)cc(Cl)c1)(C1CC1C)C(F)(F)F)c1sc(C(=O)NC2CCN(CC(F)(F)F)C2=O)c2c1CCCC2. The smallest absolute Gasteiger partial charge is 0.339 e. The van der Waals surface area contributed by atoms with Crippen molar-refractivity contribution in [2.45, 2.75) is 75.7 Å². The number of rotatable bonds is 8. The number of amides is 2. The Bertz CT molecular complexity index is 1430. The minimum atomic E-state index is -4.66. The maximum Gasteiger partial charge on any atom is 0.406 e. The molecule has 5 rings (SSSR count). The van der Waals surface area contributed by atoms with Crippen molar-refractivity contribution in [2.24, 2.45) is 11.8 Å². The third kappa shape index (κ3) is 6.31. The Balaban J connectivity index is 1.47. The second-order valence-corrected chi connectivity index (χ2v) is 13.7. The van der Waals surface area contributed by atoms with E-state index in [0.29, 0.717) is 34.6 Å². The number of hydrogen-bond donors (Lipinski definition) is 1. The summed E-state index contributed by atoms with van der Waals surface area (Å²) in [5.41, 5.74) is -0.621. The fourth-order valence-corrected chi connectivity index (χ4v) is 8.52. The normalized spacial score (nSPS) is 23.6. The number of fused-ring (bicyclic) bond motifs is 1. The van der Waals surface area contributed by atoms with Crippen molar-refractivity contribution in [1.29, 1.82) is 0 Å². The first-order valence-electron chi connectivity index (χ1n) is 14.0. The summed E-state index contributed by atoms with van der Waals surface area (Å²) in [6.07, 6.45) is -6.65. The first-order chi connectivity index (χ1) is 20.0. The van der Waals surface area contributed by atoms with Crippen LogP contribution >= 0.6 is 34.5 Å². The Hall–Kier alpha value is -2.24. The molecule has 2 amide bonds. The molecule has 4 atom stereocenters. The number of carbonyl (C=O) groups is 2. The molecule has 4 nitrogen and oxygen atoms in total. The molecule has 4 unspecified atom stereocenters. The van der Waals surface area contributed by atoms with E-state index in [-0.39, 0.29) is 44.9 Å². The second-order valence-electron chi connectivity index (χ2n) is 11.8. The molecule has 0 radical (unpaired) electrons. The van der Waals surface area contributed by atoms with E-state index in [2.05, 4.69) is 11.9 Å². The predicted octanol–water partition coefficient (Wildman–Crippen LogP) is 8.39. The minimum absolute atomic E-state index is 0.0282. The van der Waals surface area contributed by atoms with Gasteiger partial charge in [-0.1, -0.05) is 36.7 Å². The van der Waals surface area contributed by atoms with Crippen LogP contribution in [0, 0.1) is 11.8 Å². The highest BCUT2D eigenvalue weighted by molar-refractivity contribution is 7.15. The zero-order valence-electron chi connectivity index (χ0n) is 23.2. The Morgan fingerprint density at radius 2 is 1.63 bits per heavy atom. The number of allylic oxidation sites excluding steroid dienone is 1. The lowest BCUT2D eigenvalue weighted by Gasteiger charge is -2.38. The van der Waals surface area contributed by atoms with Gasteiger partial charge in [-0.25, -0.2) is 0 Å². The number of halogens is 8. The maximum atomic E-state index is 15.2. The van der Waals surface area contributed by atoms with Crippen LogP contribution in [0.1, 0.15) is 70.3 Å². The number of nitrogens with one attached hydrogen (secondary N) is 1. The van der Waals surface area contributed by atoms with Crippen molar-refractivity contribution in [1.82, 2.24) is 10.2 Å². The molecule has 2 aliphatic carbocycles. The molecular weight excluding hydrogens is 637 g/mol. The summed E-state index contributed by atoms with van der Waals surface area (Å²) in [5, 5.41) is 2.77. The number of benzene rings is 1. The van der Waals surface area contributed by atoms with Gasteiger partial charge in [-0.2, -0.15) is 26.3 Å². The number of likely N-dealkylation sites (tertiary alicyclic amines) is 1. The Morgan fingerprint density at radius 1 is 1.05 bits per heavy atom. The molecule has 234 valence electrons. The first kappa shape index (κ1) is 32.2. The molecule has 0 spiro atoms. The second kappa shape index (κ2) is 11.6. The van der Waals surface area contributed by atoms with Crippen molar-refractivity contribution < 1.29 is 35.9 Å². The molecule has 13 heteroatoms. The number of hydrogen-bond acceptors (Lipinski definition) is 3. The lowest BCUT2D eigenvalue weighted by Crippen LogP contribution is -2.45. The molecule has 1 aromatic heterocycles. The van der Waals surface area contributed by atoms with E-state index in [0.717, 1.165) is 29.7 Å². The van der Waals surface area contributed by atoms with Crippen LogP contribution in [0.5, 0.6) is 0 Å². The van der Waals surface area contributed by atoms with E-state index in [9.17, 15) is 22.8 Å². The van der Waals surface area contributed by atoms with Crippen molar-refractivity contribution in [2.75, 3.05) is 13.1 Å². The number of alkyl halides is 6. The summed E-state index contributed by atoms with van der Waals surface area (Å²) in [6.45, 7) is 4.36. The average Bonchev–Trinajstić information content (AvgIpc) is 3.35. The molecule has 1 aliphatic heterocycles. The molecule has 2 heterocycles. The van der Waals surface area contributed by atoms with Gasteiger partial charge in [-0.15, -0.1) is 11.3 Å². The zero-order valence-corrected chi connectivity index (χ0v) is 25.6. The standard InChI is InChI=1S/C30H30Cl2F6N2O2S/c1-15-9-22(15)28(30(36,37)38,17-10-18(31)12-19(32)11-17)13-16(2)24-20-5-3-4-6-21(20)25(43-24)26(41)39-23-7-8-40(27(23)42)14-29(33,34)35/h10-12,15,22-23H,2-9,13-14H2,1H3,(H,39,41). The van der Waals surface area contributed by atoms with Crippen molar-refractivity contribution in [3.05, 3.63) is 61.3 Å². The first-order valence-corrected chi connectivity index (χ1v) is 15.6. The molecule has 1 N–H and O–H groups in total. The third-order valence-corrected chi connectivity index (χ3v) is 10.7.